The van der Waals surface area contributed by atoms with Gasteiger partial charge in [-0.25, -0.2) is 0 Å². The second-order valence-corrected chi connectivity index (χ2v) is 1.46. The van der Waals surface area contributed by atoms with Crippen LogP contribution in [0.5, 0.6) is 0 Å². The van der Waals surface area contributed by atoms with Crippen LogP contribution in [-0.2, 0) is 9.59 Å². The molecule has 0 amide bonds. The molecular formula is C5H7NaO3-. The van der Waals surface area contributed by atoms with Gasteiger partial charge in [-0.05, 0) is 6.42 Å². The topological polar surface area (TPSA) is 57.2 Å². The Bertz CT molecular complexity index is 111. The fourth-order valence-electron chi connectivity index (χ4n) is 0.329. The summed E-state index contributed by atoms with van der Waals surface area (Å²) in [4.78, 5) is 19.7. The SMILES string of the molecule is CCCC(=O)C(=O)[O-].[Na]. The van der Waals surface area contributed by atoms with Crippen LogP contribution >= 0.6 is 0 Å². The third kappa shape index (κ3) is 6.02. The normalized spacial score (nSPS) is 7.67. The van der Waals surface area contributed by atoms with Crippen molar-refractivity contribution in [3.05, 3.63) is 0 Å². The number of hydrogen-bond donors (Lipinski definition) is 0. The Balaban J connectivity index is 0. The van der Waals surface area contributed by atoms with Gasteiger partial charge in [0.1, 0.15) is 5.97 Å². The van der Waals surface area contributed by atoms with Gasteiger partial charge in [0.15, 0.2) is 5.78 Å². The molecule has 0 heterocycles. The van der Waals surface area contributed by atoms with E-state index in [-0.39, 0.29) is 36.0 Å². The first-order valence-corrected chi connectivity index (χ1v) is 2.42. The minimum Gasteiger partial charge on any atom is -0.542 e. The van der Waals surface area contributed by atoms with Crippen molar-refractivity contribution in [1.29, 1.82) is 0 Å². The second-order valence-electron chi connectivity index (χ2n) is 1.46. The molecule has 9 heavy (non-hydrogen) atoms. The number of carboxylic acids is 1. The molecule has 0 aromatic carbocycles. The Morgan fingerprint density at radius 1 is 1.44 bits per heavy atom. The molecule has 1 radical (unpaired) electrons. The molecule has 0 rings (SSSR count). The van der Waals surface area contributed by atoms with Crippen molar-refractivity contribution in [2.24, 2.45) is 0 Å². The maximum atomic E-state index is 10.1. The number of ketones is 1. The number of Topliss-reactive ketones (excluding diaryl/α,β-unsaturated/α-hetero) is 1. The summed E-state index contributed by atoms with van der Waals surface area (Å²) in [5, 5.41) is 9.63. The fraction of sp³-hybridized carbons (Fsp3) is 0.600. The molecule has 0 N–H and O–H groups in total. The third-order valence-electron chi connectivity index (χ3n) is 0.705. The maximum Gasteiger partial charge on any atom is 0.178 e. The van der Waals surface area contributed by atoms with E-state index >= 15 is 0 Å². The summed E-state index contributed by atoms with van der Waals surface area (Å²) in [6.45, 7) is 1.74. The summed E-state index contributed by atoms with van der Waals surface area (Å²) in [5.41, 5.74) is 0. The van der Waals surface area contributed by atoms with Gasteiger partial charge < -0.3 is 9.90 Å². The van der Waals surface area contributed by atoms with Gasteiger partial charge in [0.2, 0.25) is 0 Å². The molecule has 0 fully saturated rings. The van der Waals surface area contributed by atoms with Gasteiger partial charge in [0.25, 0.3) is 0 Å². The van der Waals surface area contributed by atoms with E-state index in [1.807, 2.05) is 0 Å². The van der Waals surface area contributed by atoms with E-state index in [9.17, 15) is 14.7 Å². The summed E-state index contributed by atoms with van der Waals surface area (Å²) in [6.07, 6.45) is 0.648. The molecular weight excluding hydrogens is 131 g/mol. The number of rotatable bonds is 3. The molecule has 0 aliphatic carbocycles. The van der Waals surface area contributed by atoms with Crippen LogP contribution in [0, 0.1) is 0 Å². The third-order valence-corrected chi connectivity index (χ3v) is 0.705. The quantitative estimate of drug-likeness (QED) is 0.360. The molecule has 0 aliphatic rings. The summed E-state index contributed by atoms with van der Waals surface area (Å²) >= 11 is 0. The van der Waals surface area contributed by atoms with Gasteiger partial charge in [-0.3, -0.25) is 4.79 Å². The van der Waals surface area contributed by atoms with Crippen molar-refractivity contribution < 1.29 is 14.7 Å². The molecule has 4 heteroatoms. The van der Waals surface area contributed by atoms with Crippen molar-refractivity contribution in [2.75, 3.05) is 0 Å². The van der Waals surface area contributed by atoms with E-state index in [4.69, 9.17) is 0 Å². The molecule has 0 spiro atoms. The molecule has 0 aromatic rings. The van der Waals surface area contributed by atoms with Gasteiger partial charge in [-0.1, -0.05) is 6.92 Å². The minimum absolute atomic E-state index is 0. The van der Waals surface area contributed by atoms with Gasteiger partial charge in [-0.2, -0.15) is 0 Å². The maximum absolute atomic E-state index is 10.1. The number of carboxylic acid groups (broad SMARTS) is 1. The predicted octanol–water partition coefficient (Wildman–Crippen LogP) is -1.28. The van der Waals surface area contributed by atoms with E-state index in [1.165, 1.54) is 0 Å². The molecule has 0 aliphatic heterocycles. The monoisotopic (exact) mass is 138 g/mol. The first kappa shape index (κ1) is 11.9. The first-order chi connectivity index (χ1) is 3.68. The summed E-state index contributed by atoms with van der Waals surface area (Å²) < 4.78 is 0. The first-order valence-electron chi connectivity index (χ1n) is 2.42. The zero-order valence-electron chi connectivity index (χ0n) is 5.64. The average molecular weight is 138 g/mol. The molecule has 0 atom stereocenters. The largest absolute Gasteiger partial charge is 0.542 e. The van der Waals surface area contributed by atoms with Crippen LogP contribution in [0.15, 0.2) is 0 Å². The number of aliphatic carboxylic acids is 1. The minimum atomic E-state index is -1.58. The van der Waals surface area contributed by atoms with E-state index < -0.39 is 11.8 Å². The van der Waals surface area contributed by atoms with Crippen LogP contribution in [0.1, 0.15) is 19.8 Å². The van der Waals surface area contributed by atoms with Gasteiger partial charge in [-0.15, -0.1) is 0 Å². The van der Waals surface area contributed by atoms with Crippen LogP contribution in [0.25, 0.3) is 0 Å². The number of hydrogen-bond acceptors (Lipinski definition) is 3. The number of carbonyl (C=O) groups is 2. The average Bonchev–Trinajstić information content (AvgIpc) is 1.67. The van der Waals surface area contributed by atoms with Crippen molar-refractivity contribution in [1.82, 2.24) is 0 Å². The molecule has 0 unspecified atom stereocenters. The summed E-state index contributed by atoms with van der Waals surface area (Å²) in [5.74, 6) is -2.39. The second kappa shape index (κ2) is 6.26. The zero-order valence-corrected chi connectivity index (χ0v) is 7.64. The van der Waals surface area contributed by atoms with Crippen LogP contribution in [0.3, 0.4) is 0 Å². The Kier molecular flexibility index (Phi) is 8.27. The van der Waals surface area contributed by atoms with Crippen LogP contribution < -0.4 is 5.11 Å². The van der Waals surface area contributed by atoms with E-state index in [0.29, 0.717) is 6.42 Å². The van der Waals surface area contributed by atoms with Gasteiger partial charge in [0.05, 0.1) is 0 Å². The Labute approximate surface area is 75.7 Å². The predicted molar refractivity (Wildman–Crippen MR) is 30.7 cm³/mol. The fourth-order valence-corrected chi connectivity index (χ4v) is 0.329. The zero-order chi connectivity index (χ0) is 6.57. The Hall–Kier alpha value is 0.140. The van der Waals surface area contributed by atoms with Crippen LogP contribution in [0.4, 0.5) is 0 Å². The smallest absolute Gasteiger partial charge is 0.178 e. The van der Waals surface area contributed by atoms with Gasteiger partial charge in [0, 0.05) is 36.0 Å². The van der Waals surface area contributed by atoms with Crippen molar-refractivity contribution >= 4 is 41.3 Å². The molecule has 3 nitrogen and oxygen atoms in total. The van der Waals surface area contributed by atoms with Crippen LogP contribution in [0.2, 0.25) is 0 Å². The van der Waals surface area contributed by atoms with Gasteiger partial charge >= 0.3 is 0 Å². The molecule has 0 bridgehead atoms. The molecule has 0 saturated carbocycles. The molecule has 0 saturated heterocycles. The summed E-state index contributed by atoms with van der Waals surface area (Å²) in [6, 6.07) is 0. The van der Waals surface area contributed by atoms with E-state index in [1.54, 1.807) is 6.92 Å². The molecule has 0 aromatic heterocycles. The standard InChI is InChI=1S/C5H8O3.Na/c1-2-3-4(6)5(7)8;/h2-3H2,1H3,(H,7,8);/p-1. The Morgan fingerprint density at radius 3 is 2.00 bits per heavy atom. The Morgan fingerprint density at radius 2 is 1.89 bits per heavy atom. The van der Waals surface area contributed by atoms with Crippen molar-refractivity contribution in [3.8, 4) is 0 Å². The van der Waals surface area contributed by atoms with E-state index in [0.717, 1.165) is 0 Å². The number of carbonyl (C=O) groups excluding carboxylic acids is 2. The van der Waals surface area contributed by atoms with Crippen molar-refractivity contribution in [2.45, 2.75) is 19.8 Å². The molecule has 47 valence electrons. The summed E-state index contributed by atoms with van der Waals surface area (Å²) in [7, 11) is 0. The van der Waals surface area contributed by atoms with Crippen molar-refractivity contribution in [3.63, 3.8) is 0 Å². The van der Waals surface area contributed by atoms with E-state index in [2.05, 4.69) is 0 Å². The van der Waals surface area contributed by atoms with Crippen LogP contribution in [-0.4, -0.2) is 41.3 Å².